The molecule has 3 heterocycles. The summed E-state index contributed by atoms with van der Waals surface area (Å²) in [6.07, 6.45) is 3.82. The van der Waals surface area contributed by atoms with Crippen molar-refractivity contribution in [1.82, 2.24) is 24.7 Å². The number of sulfonamides is 1. The lowest BCUT2D eigenvalue weighted by atomic mass is 10.2. The normalized spacial score (nSPS) is 12.7. The van der Waals surface area contributed by atoms with Gasteiger partial charge in [-0.25, -0.2) is 27.9 Å². The third kappa shape index (κ3) is 7.19. The average molecular weight is 571 g/mol. The van der Waals surface area contributed by atoms with Crippen molar-refractivity contribution >= 4 is 50.3 Å². The number of fused-ring (bicyclic) bond motifs is 1. The highest BCUT2D eigenvalue weighted by Crippen LogP contribution is 2.22. The van der Waals surface area contributed by atoms with Gasteiger partial charge in [0.25, 0.3) is 0 Å². The minimum absolute atomic E-state index is 0.0830. The number of nitrogens with zero attached hydrogens (tertiary/aromatic N) is 6. The number of hydrogen-bond acceptors (Lipinski definition) is 11. The zero-order chi connectivity index (χ0) is 29.1. The van der Waals surface area contributed by atoms with E-state index in [0.29, 0.717) is 28.1 Å². The lowest BCUT2D eigenvalue weighted by Crippen LogP contribution is -2.38. The Labute approximate surface area is 230 Å². The Hall–Kier alpha value is -4.34. The Morgan fingerprint density at radius 1 is 1.07 bits per heavy atom. The molecule has 1 aromatic carbocycles. The first-order chi connectivity index (χ1) is 18.8. The van der Waals surface area contributed by atoms with Crippen molar-refractivity contribution in [2.24, 2.45) is 0 Å². The van der Waals surface area contributed by atoms with Crippen LogP contribution in [-0.4, -0.2) is 80.6 Å². The van der Waals surface area contributed by atoms with Crippen LogP contribution in [0.2, 0.25) is 0 Å². The SMILES string of the molecule is CC(C)(C)OC(=O)Nc1ccc(-n2ncc3cnc(Nc4ccc(N(CC(O)CO)S(C)(=O)=O)nc4)nc32)cc1. The molecule has 40 heavy (non-hydrogen) atoms. The summed E-state index contributed by atoms with van der Waals surface area (Å²) in [5.41, 5.74) is 1.66. The number of anilines is 4. The molecule has 0 spiro atoms. The molecule has 0 saturated heterocycles. The number of hydrogen-bond donors (Lipinski definition) is 4. The number of aliphatic hydroxyl groups is 2. The number of nitrogens with one attached hydrogen (secondary N) is 2. The topological polar surface area (TPSA) is 185 Å². The lowest BCUT2D eigenvalue weighted by Gasteiger charge is -2.23. The van der Waals surface area contributed by atoms with Gasteiger partial charge in [0.2, 0.25) is 16.0 Å². The van der Waals surface area contributed by atoms with Crippen LogP contribution in [0.5, 0.6) is 0 Å². The van der Waals surface area contributed by atoms with Crippen LogP contribution in [0, 0.1) is 0 Å². The van der Waals surface area contributed by atoms with Crippen LogP contribution in [0.25, 0.3) is 16.7 Å². The van der Waals surface area contributed by atoms with Crippen molar-refractivity contribution in [2.75, 3.05) is 34.3 Å². The van der Waals surface area contributed by atoms with Crippen molar-refractivity contribution in [3.05, 3.63) is 55.0 Å². The number of amides is 1. The molecule has 0 radical (unpaired) electrons. The molecule has 1 atom stereocenters. The lowest BCUT2D eigenvalue weighted by molar-refractivity contribution is 0.0636. The summed E-state index contributed by atoms with van der Waals surface area (Å²) < 4.78 is 32.1. The van der Waals surface area contributed by atoms with Crippen LogP contribution >= 0.6 is 0 Å². The van der Waals surface area contributed by atoms with Gasteiger partial charge in [-0.1, -0.05) is 0 Å². The number of aromatic nitrogens is 5. The molecule has 4 aromatic rings. The van der Waals surface area contributed by atoms with E-state index >= 15 is 0 Å². The molecule has 0 bridgehead atoms. The Morgan fingerprint density at radius 3 is 2.38 bits per heavy atom. The summed E-state index contributed by atoms with van der Waals surface area (Å²) in [4.78, 5) is 25.1. The molecule has 1 amide bonds. The number of carbonyl (C=O) groups excluding carboxylic acids is 1. The summed E-state index contributed by atoms with van der Waals surface area (Å²) in [5, 5.41) is 29.6. The van der Waals surface area contributed by atoms with Crippen molar-refractivity contribution in [3.63, 3.8) is 0 Å². The third-order valence-corrected chi connectivity index (χ3v) is 6.45. The van der Waals surface area contributed by atoms with Gasteiger partial charge in [0.05, 0.1) is 54.7 Å². The summed E-state index contributed by atoms with van der Waals surface area (Å²) in [6, 6.07) is 10.0. The van der Waals surface area contributed by atoms with Gasteiger partial charge in [0.1, 0.15) is 11.4 Å². The van der Waals surface area contributed by atoms with E-state index in [1.807, 2.05) is 0 Å². The van der Waals surface area contributed by atoms with Crippen LogP contribution < -0.4 is 14.9 Å². The van der Waals surface area contributed by atoms with Crippen LogP contribution in [0.15, 0.2) is 55.0 Å². The second-order valence-electron chi connectivity index (χ2n) is 9.86. The first-order valence-corrected chi connectivity index (χ1v) is 14.0. The average Bonchev–Trinajstić information content (AvgIpc) is 3.29. The molecule has 14 nitrogen and oxygen atoms in total. The standard InChI is InChI=1S/C25H30N8O6S/c1-25(2,3)39-24(36)30-17-5-8-19(9-6-17)33-22-16(12-28-33)11-27-23(31-22)29-18-7-10-21(26-13-18)32(40(4,37)38)14-20(35)15-34/h5-13,20,34-35H,14-15H2,1-4H3,(H,30,36)(H,27,29,31). The van der Waals surface area contributed by atoms with Gasteiger partial charge < -0.3 is 20.3 Å². The van der Waals surface area contributed by atoms with E-state index in [1.54, 1.807) is 68.2 Å². The maximum atomic E-state index is 12.1. The quantitative estimate of drug-likeness (QED) is 0.232. The largest absolute Gasteiger partial charge is 0.444 e. The predicted molar refractivity (Wildman–Crippen MR) is 149 cm³/mol. The maximum absolute atomic E-state index is 12.1. The van der Waals surface area contributed by atoms with Gasteiger partial charge in [-0.05, 0) is 57.2 Å². The van der Waals surface area contributed by atoms with E-state index in [9.17, 15) is 18.3 Å². The van der Waals surface area contributed by atoms with Gasteiger partial charge in [0.15, 0.2) is 5.65 Å². The number of aliphatic hydroxyl groups excluding tert-OH is 2. The molecular weight excluding hydrogens is 540 g/mol. The minimum Gasteiger partial charge on any atom is -0.444 e. The summed E-state index contributed by atoms with van der Waals surface area (Å²) in [7, 11) is -3.74. The fourth-order valence-electron chi connectivity index (χ4n) is 3.56. The Bertz CT molecular complexity index is 1580. The molecule has 3 aromatic heterocycles. The molecule has 4 rings (SSSR count). The first-order valence-electron chi connectivity index (χ1n) is 12.1. The van der Waals surface area contributed by atoms with E-state index < -0.39 is 34.4 Å². The zero-order valence-electron chi connectivity index (χ0n) is 22.3. The molecule has 15 heteroatoms. The number of pyridine rings is 1. The number of ether oxygens (including phenoxy) is 1. The van der Waals surface area contributed by atoms with E-state index in [4.69, 9.17) is 9.84 Å². The van der Waals surface area contributed by atoms with Crippen molar-refractivity contribution in [1.29, 1.82) is 0 Å². The molecule has 0 aliphatic rings. The molecule has 1 unspecified atom stereocenters. The third-order valence-electron chi connectivity index (χ3n) is 5.31. The first kappa shape index (κ1) is 28.7. The Morgan fingerprint density at radius 2 is 1.77 bits per heavy atom. The van der Waals surface area contributed by atoms with Crippen LogP contribution in [0.3, 0.4) is 0 Å². The maximum Gasteiger partial charge on any atom is 0.412 e. The number of benzene rings is 1. The molecule has 0 aliphatic carbocycles. The van der Waals surface area contributed by atoms with Crippen molar-refractivity contribution in [2.45, 2.75) is 32.5 Å². The molecule has 0 fully saturated rings. The monoisotopic (exact) mass is 570 g/mol. The fraction of sp³-hybridized carbons (Fsp3) is 0.320. The van der Waals surface area contributed by atoms with Gasteiger partial charge in [-0.15, -0.1) is 0 Å². The van der Waals surface area contributed by atoms with E-state index in [-0.39, 0.29) is 18.3 Å². The second kappa shape index (κ2) is 11.4. The fourth-order valence-corrected chi connectivity index (χ4v) is 4.45. The Kier molecular flexibility index (Phi) is 8.18. The van der Waals surface area contributed by atoms with Crippen molar-refractivity contribution in [3.8, 4) is 5.69 Å². The van der Waals surface area contributed by atoms with E-state index in [1.165, 1.54) is 12.3 Å². The Balaban J connectivity index is 1.51. The number of rotatable bonds is 9. The van der Waals surface area contributed by atoms with Crippen LogP contribution in [-0.2, 0) is 14.8 Å². The van der Waals surface area contributed by atoms with Gasteiger partial charge >= 0.3 is 6.09 Å². The second-order valence-corrected chi connectivity index (χ2v) is 11.8. The number of carbonyl (C=O) groups is 1. The van der Waals surface area contributed by atoms with E-state index in [0.717, 1.165) is 10.6 Å². The predicted octanol–water partition coefficient (Wildman–Crippen LogP) is 2.42. The van der Waals surface area contributed by atoms with Gasteiger partial charge in [-0.2, -0.15) is 10.1 Å². The summed E-state index contributed by atoms with van der Waals surface area (Å²) in [5.74, 6) is 0.335. The van der Waals surface area contributed by atoms with Crippen LogP contribution in [0.1, 0.15) is 20.8 Å². The van der Waals surface area contributed by atoms with Gasteiger partial charge in [0, 0.05) is 11.9 Å². The summed E-state index contributed by atoms with van der Waals surface area (Å²) in [6.45, 7) is 4.43. The van der Waals surface area contributed by atoms with Crippen LogP contribution in [0.4, 0.5) is 27.9 Å². The van der Waals surface area contributed by atoms with Gasteiger partial charge in [-0.3, -0.25) is 9.62 Å². The highest BCUT2D eigenvalue weighted by atomic mass is 32.2. The molecule has 0 saturated carbocycles. The smallest absolute Gasteiger partial charge is 0.412 e. The minimum atomic E-state index is -3.74. The van der Waals surface area contributed by atoms with E-state index in [2.05, 4.69) is 30.7 Å². The highest BCUT2D eigenvalue weighted by molar-refractivity contribution is 7.92. The molecule has 4 N–H and O–H groups in total. The molecule has 212 valence electrons. The zero-order valence-corrected chi connectivity index (χ0v) is 23.1. The van der Waals surface area contributed by atoms with Crippen molar-refractivity contribution < 1.29 is 28.2 Å². The highest BCUT2D eigenvalue weighted by Gasteiger charge is 2.22. The summed E-state index contributed by atoms with van der Waals surface area (Å²) >= 11 is 0. The molecular formula is C25H30N8O6S. The molecule has 0 aliphatic heterocycles.